The number of hydrogen-bond acceptors (Lipinski definition) is 5. The van der Waals surface area contributed by atoms with Crippen molar-refractivity contribution in [3.05, 3.63) is 17.0 Å². The maximum absolute atomic E-state index is 13.0. The van der Waals surface area contributed by atoms with Crippen molar-refractivity contribution in [3.63, 3.8) is 0 Å². The van der Waals surface area contributed by atoms with Crippen LogP contribution in [0.2, 0.25) is 0 Å². The van der Waals surface area contributed by atoms with E-state index in [1.54, 1.807) is 5.38 Å². The lowest BCUT2D eigenvalue weighted by atomic mass is 9.97. The van der Waals surface area contributed by atoms with E-state index in [0.717, 1.165) is 50.1 Å². The van der Waals surface area contributed by atoms with Crippen LogP contribution < -0.4 is 5.32 Å². The van der Waals surface area contributed by atoms with E-state index >= 15 is 0 Å². The zero-order valence-electron chi connectivity index (χ0n) is 17.2. The number of nitrogens with one attached hydrogen (secondary N) is 1. The number of nitrogens with zero attached hydrogens (tertiary/aromatic N) is 2. The second kappa shape index (κ2) is 9.57. The van der Waals surface area contributed by atoms with E-state index < -0.39 is 10.0 Å². The molecule has 7 nitrogen and oxygen atoms in total. The van der Waals surface area contributed by atoms with E-state index in [1.807, 2.05) is 18.7 Å². The topological polar surface area (TPSA) is 86.8 Å². The molecule has 2 aliphatic rings. The molecule has 162 valence electrons. The van der Waals surface area contributed by atoms with Crippen LogP contribution in [0.3, 0.4) is 0 Å². The summed E-state index contributed by atoms with van der Waals surface area (Å²) in [6.45, 7) is 6.12. The minimum Gasteiger partial charge on any atom is -0.353 e. The molecule has 1 aromatic rings. The van der Waals surface area contributed by atoms with Crippen molar-refractivity contribution in [1.29, 1.82) is 0 Å². The molecule has 0 saturated carbocycles. The van der Waals surface area contributed by atoms with Gasteiger partial charge in [-0.2, -0.15) is 4.31 Å². The quantitative estimate of drug-likeness (QED) is 0.735. The maximum Gasteiger partial charge on any atom is 0.254 e. The first-order chi connectivity index (χ1) is 13.8. The molecule has 2 amide bonds. The van der Waals surface area contributed by atoms with Crippen LogP contribution in [0.15, 0.2) is 15.7 Å². The first kappa shape index (κ1) is 22.2. The van der Waals surface area contributed by atoms with Gasteiger partial charge in [-0.15, -0.1) is 11.3 Å². The molecule has 0 aromatic carbocycles. The van der Waals surface area contributed by atoms with Gasteiger partial charge in [0.05, 0.1) is 5.56 Å². The van der Waals surface area contributed by atoms with Gasteiger partial charge in [-0.1, -0.05) is 6.92 Å². The van der Waals surface area contributed by atoms with Crippen LogP contribution in [0.5, 0.6) is 0 Å². The number of carbonyl (C=O) groups excluding carboxylic acids is 2. The summed E-state index contributed by atoms with van der Waals surface area (Å²) in [5.74, 6) is -0.209. The first-order valence-corrected chi connectivity index (χ1v) is 12.8. The van der Waals surface area contributed by atoms with E-state index in [-0.39, 0.29) is 28.0 Å². The number of thiophene rings is 1. The largest absolute Gasteiger partial charge is 0.353 e. The Balaban J connectivity index is 1.61. The van der Waals surface area contributed by atoms with Gasteiger partial charge in [-0.05, 0) is 51.5 Å². The predicted molar refractivity (Wildman–Crippen MR) is 113 cm³/mol. The fraction of sp³-hybridized carbons (Fsp3) is 0.700. The lowest BCUT2D eigenvalue weighted by Crippen LogP contribution is -2.44. The highest BCUT2D eigenvalue weighted by atomic mass is 32.2. The Morgan fingerprint density at radius 3 is 2.45 bits per heavy atom. The summed E-state index contributed by atoms with van der Waals surface area (Å²) < 4.78 is 27.7. The molecule has 1 unspecified atom stereocenters. The Morgan fingerprint density at radius 1 is 1.17 bits per heavy atom. The van der Waals surface area contributed by atoms with Gasteiger partial charge in [-0.25, -0.2) is 8.42 Å². The average Bonchev–Trinajstić information content (AvgIpc) is 3.25. The van der Waals surface area contributed by atoms with Crippen molar-refractivity contribution in [3.8, 4) is 0 Å². The molecule has 0 spiro atoms. The number of sulfonamides is 1. The number of hydrogen-bond donors (Lipinski definition) is 1. The highest BCUT2D eigenvalue weighted by Gasteiger charge is 2.33. The van der Waals surface area contributed by atoms with Gasteiger partial charge in [0.1, 0.15) is 4.21 Å². The van der Waals surface area contributed by atoms with Crippen molar-refractivity contribution >= 4 is 33.2 Å². The van der Waals surface area contributed by atoms with Crippen molar-refractivity contribution < 1.29 is 18.0 Å². The van der Waals surface area contributed by atoms with E-state index in [1.165, 1.54) is 10.4 Å². The summed E-state index contributed by atoms with van der Waals surface area (Å²) in [5, 5.41) is 4.63. The van der Waals surface area contributed by atoms with Gasteiger partial charge in [0, 0.05) is 43.5 Å². The molecule has 0 bridgehead atoms. The molecule has 29 heavy (non-hydrogen) atoms. The average molecular weight is 442 g/mol. The number of amides is 2. The van der Waals surface area contributed by atoms with Crippen LogP contribution >= 0.6 is 11.3 Å². The van der Waals surface area contributed by atoms with E-state index in [9.17, 15) is 18.0 Å². The van der Waals surface area contributed by atoms with Gasteiger partial charge in [0.2, 0.25) is 5.91 Å². The summed E-state index contributed by atoms with van der Waals surface area (Å²) in [6, 6.07) is 1.64. The summed E-state index contributed by atoms with van der Waals surface area (Å²) >= 11 is 1.10. The standard InChI is InChI=1S/C20H31N3O4S2/c1-3-15(2)21-19(24)16-7-11-23(12-8-16)29(26,27)18-13-17(14-28-18)20(25)22-9-5-4-6-10-22/h13-16H,3-12H2,1-2H3,(H,21,24). The van der Waals surface area contributed by atoms with Crippen molar-refractivity contribution in [2.75, 3.05) is 26.2 Å². The highest BCUT2D eigenvalue weighted by Crippen LogP contribution is 2.29. The lowest BCUT2D eigenvalue weighted by molar-refractivity contribution is -0.126. The molecule has 3 heterocycles. The smallest absolute Gasteiger partial charge is 0.254 e. The predicted octanol–water partition coefficient (Wildman–Crippen LogP) is 2.69. The molecule has 1 N–H and O–H groups in total. The number of likely N-dealkylation sites (tertiary alicyclic amines) is 1. The minimum atomic E-state index is -3.63. The molecular formula is C20H31N3O4S2. The SMILES string of the molecule is CCC(C)NC(=O)C1CCN(S(=O)(=O)c2cc(C(=O)N3CCCCC3)cs2)CC1. The van der Waals surface area contributed by atoms with Gasteiger partial charge < -0.3 is 10.2 Å². The highest BCUT2D eigenvalue weighted by molar-refractivity contribution is 7.91. The Kier molecular flexibility index (Phi) is 7.34. The molecule has 2 saturated heterocycles. The normalized spacial score (nSPS) is 20.4. The third-order valence-corrected chi connectivity index (χ3v) is 9.20. The Labute approximate surface area is 177 Å². The van der Waals surface area contributed by atoms with Crippen LogP contribution in [-0.4, -0.2) is 61.7 Å². The van der Waals surface area contributed by atoms with Gasteiger partial charge in [0.15, 0.2) is 0 Å². The van der Waals surface area contributed by atoms with Gasteiger partial charge in [-0.3, -0.25) is 9.59 Å². The fourth-order valence-corrected chi connectivity index (χ4v) is 6.57. The second-order valence-electron chi connectivity index (χ2n) is 8.00. The van der Waals surface area contributed by atoms with Crippen LogP contribution in [-0.2, 0) is 14.8 Å². The molecule has 3 rings (SSSR count). The summed E-state index contributed by atoms with van der Waals surface area (Å²) in [6.07, 6.45) is 5.05. The second-order valence-corrected chi connectivity index (χ2v) is 11.1. The van der Waals surface area contributed by atoms with E-state index in [0.29, 0.717) is 31.5 Å². The molecule has 0 aliphatic carbocycles. The molecule has 2 fully saturated rings. The van der Waals surface area contributed by atoms with Gasteiger partial charge in [0.25, 0.3) is 15.9 Å². The Morgan fingerprint density at radius 2 is 1.83 bits per heavy atom. The fourth-order valence-electron chi connectivity index (χ4n) is 3.79. The summed E-state index contributed by atoms with van der Waals surface area (Å²) in [4.78, 5) is 26.7. The van der Waals surface area contributed by atoms with Crippen molar-refractivity contribution in [2.45, 2.75) is 62.6 Å². The third kappa shape index (κ3) is 5.19. The van der Waals surface area contributed by atoms with E-state index in [4.69, 9.17) is 0 Å². The molecule has 1 atom stereocenters. The van der Waals surface area contributed by atoms with Crippen LogP contribution in [0.1, 0.15) is 62.7 Å². The molecule has 1 aromatic heterocycles. The van der Waals surface area contributed by atoms with Crippen molar-refractivity contribution in [2.24, 2.45) is 5.92 Å². The zero-order chi connectivity index (χ0) is 21.0. The first-order valence-electron chi connectivity index (χ1n) is 10.5. The molecular weight excluding hydrogens is 410 g/mol. The van der Waals surface area contributed by atoms with Crippen LogP contribution in [0.25, 0.3) is 0 Å². The summed E-state index contributed by atoms with van der Waals surface area (Å²) in [7, 11) is -3.63. The monoisotopic (exact) mass is 441 g/mol. The third-order valence-electron chi connectivity index (χ3n) is 5.89. The molecule has 0 radical (unpaired) electrons. The number of piperidine rings is 2. The number of carbonyl (C=O) groups is 2. The lowest BCUT2D eigenvalue weighted by Gasteiger charge is -2.30. The minimum absolute atomic E-state index is 0.0157. The van der Waals surface area contributed by atoms with Crippen LogP contribution in [0.4, 0.5) is 0 Å². The Hall–Kier alpha value is -1.45. The Bertz CT molecular complexity index is 823. The molecule has 9 heteroatoms. The zero-order valence-corrected chi connectivity index (χ0v) is 18.9. The van der Waals surface area contributed by atoms with Crippen molar-refractivity contribution in [1.82, 2.24) is 14.5 Å². The molecule has 2 aliphatic heterocycles. The van der Waals surface area contributed by atoms with E-state index in [2.05, 4.69) is 5.32 Å². The van der Waals surface area contributed by atoms with Gasteiger partial charge >= 0.3 is 0 Å². The number of rotatable bonds is 6. The van der Waals surface area contributed by atoms with Crippen LogP contribution in [0, 0.1) is 5.92 Å². The maximum atomic E-state index is 13.0. The summed E-state index contributed by atoms with van der Waals surface area (Å²) in [5.41, 5.74) is 0.457.